The Morgan fingerprint density at radius 2 is 2.06 bits per heavy atom. The molecule has 1 fully saturated rings. The Balaban J connectivity index is 1.36. The number of primary amides is 1. The highest BCUT2D eigenvalue weighted by molar-refractivity contribution is 7.85. The number of aryl methyl sites for hydroxylation is 1. The van der Waals surface area contributed by atoms with Crippen LogP contribution >= 0.6 is 0 Å². The molecule has 0 spiro atoms. The van der Waals surface area contributed by atoms with Crippen molar-refractivity contribution in [2.75, 3.05) is 35.7 Å². The second-order valence-corrected chi connectivity index (χ2v) is 10.8. The van der Waals surface area contributed by atoms with E-state index in [0.29, 0.717) is 47.8 Å². The van der Waals surface area contributed by atoms with E-state index in [1.165, 1.54) is 18.4 Å². The van der Waals surface area contributed by atoms with Gasteiger partial charge in [0.2, 0.25) is 5.95 Å². The van der Waals surface area contributed by atoms with Gasteiger partial charge in [0.15, 0.2) is 5.82 Å². The number of nitrogens with two attached hydrogens (primary N) is 1. The van der Waals surface area contributed by atoms with Crippen molar-refractivity contribution < 1.29 is 13.7 Å². The molecule has 1 atom stereocenters. The third kappa shape index (κ3) is 4.68. The van der Waals surface area contributed by atoms with Crippen molar-refractivity contribution >= 4 is 34.2 Å². The number of hydrogen-bond donors (Lipinski definition) is 2. The van der Waals surface area contributed by atoms with Gasteiger partial charge in [-0.05, 0) is 38.2 Å². The summed E-state index contributed by atoms with van der Waals surface area (Å²) in [5.74, 6) is 2.93. The molecule has 1 saturated carbocycles. The van der Waals surface area contributed by atoms with Crippen LogP contribution in [0.25, 0.3) is 5.57 Å². The van der Waals surface area contributed by atoms with E-state index in [4.69, 9.17) is 20.4 Å². The highest BCUT2D eigenvalue weighted by atomic mass is 32.2. The van der Waals surface area contributed by atoms with Gasteiger partial charge >= 0.3 is 6.09 Å². The smallest absolute Gasteiger partial charge is 0.404 e. The van der Waals surface area contributed by atoms with E-state index in [0.717, 1.165) is 17.1 Å². The molecule has 0 saturated heterocycles. The Morgan fingerprint density at radius 1 is 1.30 bits per heavy atom. The maximum Gasteiger partial charge on any atom is 0.404 e. The van der Waals surface area contributed by atoms with Crippen LogP contribution in [0.1, 0.15) is 49.7 Å². The van der Waals surface area contributed by atoms with E-state index >= 15 is 0 Å². The molecule has 0 aromatic carbocycles. The van der Waals surface area contributed by atoms with E-state index in [1.54, 1.807) is 0 Å². The molecule has 1 unspecified atom stereocenters. The van der Waals surface area contributed by atoms with E-state index in [9.17, 15) is 9.00 Å². The van der Waals surface area contributed by atoms with Crippen LogP contribution in [-0.4, -0.2) is 61.2 Å². The van der Waals surface area contributed by atoms with Gasteiger partial charge < -0.3 is 20.7 Å². The third-order valence-electron chi connectivity index (χ3n) is 5.92. The summed E-state index contributed by atoms with van der Waals surface area (Å²) in [5.41, 5.74) is 7.48. The highest BCUT2D eigenvalue weighted by Crippen LogP contribution is 2.39. The van der Waals surface area contributed by atoms with Crippen LogP contribution in [0.4, 0.5) is 16.6 Å². The minimum absolute atomic E-state index is 0.0483. The summed E-state index contributed by atoms with van der Waals surface area (Å²) in [6.07, 6.45) is 8.20. The van der Waals surface area contributed by atoms with E-state index in [1.807, 2.05) is 31.1 Å². The first-order valence-corrected chi connectivity index (χ1v) is 12.4. The Bertz CT molecular complexity index is 1150. The van der Waals surface area contributed by atoms with Gasteiger partial charge in [-0.3, -0.25) is 4.21 Å². The summed E-state index contributed by atoms with van der Waals surface area (Å²) in [7, 11) is -1.18. The molecule has 2 aromatic heterocycles. The first kappa shape index (κ1) is 21.7. The lowest BCUT2D eigenvalue weighted by atomic mass is 10.1. The van der Waals surface area contributed by atoms with E-state index in [2.05, 4.69) is 21.4 Å². The van der Waals surface area contributed by atoms with Gasteiger partial charge in [0, 0.05) is 43.2 Å². The topological polar surface area (TPSA) is 136 Å². The van der Waals surface area contributed by atoms with Gasteiger partial charge in [0.1, 0.15) is 17.3 Å². The number of fused-ring (bicyclic) bond motifs is 1. The highest BCUT2D eigenvalue weighted by Gasteiger charge is 2.31. The second kappa shape index (κ2) is 8.36. The van der Waals surface area contributed by atoms with Gasteiger partial charge in [-0.1, -0.05) is 6.08 Å². The quantitative estimate of drug-likeness (QED) is 0.624. The lowest BCUT2D eigenvalue weighted by Gasteiger charge is -2.27. The minimum atomic E-state index is -1.18. The van der Waals surface area contributed by atoms with Crippen molar-refractivity contribution in [1.29, 1.82) is 0 Å². The second-order valence-electron chi connectivity index (χ2n) is 9.29. The van der Waals surface area contributed by atoms with E-state index < -0.39 is 22.4 Å². The molecule has 33 heavy (non-hydrogen) atoms. The lowest BCUT2D eigenvalue weighted by molar-refractivity contribution is 0.138. The van der Waals surface area contributed by atoms with Crippen LogP contribution in [0.2, 0.25) is 0 Å². The number of amides is 1. The van der Waals surface area contributed by atoms with Crippen LogP contribution in [0.3, 0.4) is 0 Å². The molecule has 0 bridgehead atoms. The number of carbonyl (C=O) groups is 1. The molecule has 1 aliphatic carbocycles. The van der Waals surface area contributed by atoms with Crippen molar-refractivity contribution in [2.24, 2.45) is 5.73 Å². The molecule has 4 heterocycles. The van der Waals surface area contributed by atoms with Crippen molar-refractivity contribution in [3.05, 3.63) is 35.6 Å². The average Bonchev–Trinajstić information content (AvgIpc) is 3.39. The summed E-state index contributed by atoms with van der Waals surface area (Å²) in [4.78, 5) is 32.3. The minimum Gasteiger partial charge on any atom is -0.447 e. The number of rotatable bonds is 7. The molecule has 1 amide bonds. The fraction of sp³-hybridized carbons (Fsp3) is 0.500. The molecule has 11 heteroatoms. The number of anilines is 2. The van der Waals surface area contributed by atoms with Crippen LogP contribution in [0, 0.1) is 0 Å². The number of carbonyl (C=O) groups excluding carboxylic acids is 1. The zero-order valence-electron chi connectivity index (χ0n) is 18.7. The number of nitrogens with zero attached hydrogens (tertiary/aromatic N) is 5. The Labute approximate surface area is 194 Å². The number of ether oxygens (including phenoxy) is 1. The lowest BCUT2D eigenvalue weighted by Crippen LogP contribution is -2.39. The van der Waals surface area contributed by atoms with Crippen molar-refractivity contribution in [1.82, 2.24) is 19.9 Å². The van der Waals surface area contributed by atoms with Gasteiger partial charge in [-0.15, -0.1) is 0 Å². The average molecular weight is 470 g/mol. The maximum atomic E-state index is 12.6. The summed E-state index contributed by atoms with van der Waals surface area (Å²) in [5, 5.41) is 3.29. The predicted octanol–water partition coefficient (Wildman–Crippen LogP) is 2.00. The van der Waals surface area contributed by atoms with Crippen LogP contribution in [0.5, 0.6) is 0 Å². The van der Waals surface area contributed by atoms with Gasteiger partial charge in [0.05, 0.1) is 22.0 Å². The van der Waals surface area contributed by atoms with Crippen LogP contribution < -0.4 is 16.0 Å². The predicted molar refractivity (Wildman–Crippen MR) is 124 cm³/mol. The summed E-state index contributed by atoms with van der Waals surface area (Å²) < 4.78 is 17.6. The van der Waals surface area contributed by atoms with Gasteiger partial charge in [0.25, 0.3) is 0 Å². The molecule has 2 aliphatic heterocycles. The molecule has 5 rings (SSSR count). The molecule has 10 nitrogen and oxygen atoms in total. The summed E-state index contributed by atoms with van der Waals surface area (Å²) in [6.45, 7) is 5.00. The number of nitrogens with one attached hydrogen (secondary N) is 1. The molecule has 3 aliphatic rings. The molecule has 3 N–H and O–H groups in total. The Hall–Kier alpha value is -3.08. The van der Waals surface area contributed by atoms with E-state index in [-0.39, 0.29) is 6.61 Å². The van der Waals surface area contributed by atoms with Gasteiger partial charge in [-0.25, -0.2) is 19.7 Å². The molecule has 174 valence electrons. The Kier molecular flexibility index (Phi) is 5.51. The van der Waals surface area contributed by atoms with Crippen molar-refractivity contribution in [2.45, 2.75) is 49.5 Å². The van der Waals surface area contributed by atoms with Gasteiger partial charge in [-0.2, -0.15) is 4.98 Å². The summed E-state index contributed by atoms with van der Waals surface area (Å²) >= 11 is 0. The Morgan fingerprint density at radius 3 is 2.76 bits per heavy atom. The number of aromatic nitrogens is 4. The summed E-state index contributed by atoms with van der Waals surface area (Å²) in [6, 6.07) is 0. The maximum absolute atomic E-state index is 12.6. The fourth-order valence-corrected chi connectivity index (χ4v) is 5.32. The molecular weight excluding hydrogens is 442 g/mol. The largest absolute Gasteiger partial charge is 0.447 e. The zero-order chi connectivity index (χ0) is 23.2. The van der Waals surface area contributed by atoms with Crippen LogP contribution in [-0.2, 0) is 22.0 Å². The third-order valence-corrected chi connectivity index (χ3v) is 7.38. The number of hydrogen-bond acceptors (Lipinski definition) is 9. The van der Waals surface area contributed by atoms with Crippen molar-refractivity contribution in [3.8, 4) is 0 Å². The molecule has 2 aromatic rings. The molecular formula is C22H27N7O3S. The normalized spacial score (nSPS) is 19.9. The SMILES string of the molecule is CC(C)(COC(N)=O)Nc1nc(N2CC=C(c3ncc(C4CC4)cn3)C2)nc2c1S(=O)CC2. The van der Waals surface area contributed by atoms with Crippen molar-refractivity contribution in [3.63, 3.8) is 0 Å². The molecule has 0 radical (unpaired) electrons. The monoisotopic (exact) mass is 469 g/mol. The first-order chi connectivity index (χ1) is 15.8. The fourth-order valence-electron chi connectivity index (χ4n) is 4.02. The first-order valence-electron chi connectivity index (χ1n) is 11.0. The standard InChI is InChI=1S/C22H27N7O3S/c1-22(2,12-32-20(23)30)28-19-17-16(6-8-33(17)31)26-21(27-19)29-7-5-14(11-29)18-24-9-15(10-25-18)13-3-4-13/h5,9-10,13H,3-4,6-8,11-12H2,1-2H3,(H2,23,30)(H,26,27,28). The van der Waals surface area contributed by atoms with Crippen LogP contribution in [0.15, 0.2) is 23.4 Å². The zero-order valence-corrected chi connectivity index (χ0v) is 19.5.